The largest absolute Gasteiger partial charge is 0.435 e. The molecule has 120 valence electrons. The molecule has 0 unspecified atom stereocenters. The number of halogens is 3. The Morgan fingerprint density at radius 3 is 2.62 bits per heavy atom. The number of alkyl halides is 2. The Hall–Kier alpha value is -0.910. The fourth-order valence-corrected chi connectivity index (χ4v) is 2.73. The van der Waals surface area contributed by atoms with E-state index in [9.17, 15) is 8.78 Å². The average Bonchev–Trinajstić information content (AvgIpc) is 2.45. The van der Waals surface area contributed by atoms with Crippen LogP contribution in [0.5, 0.6) is 5.75 Å². The second kappa shape index (κ2) is 9.18. The van der Waals surface area contributed by atoms with Gasteiger partial charge in [0.05, 0.1) is 0 Å². The van der Waals surface area contributed by atoms with E-state index in [1.54, 1.807) is 18.2 Å². The first kappa shape index (κ1) is 18.1. The van der Waals surface area contributed by atoms with Crippen LogP contribution in [0.25, 0.3) is 0 Å². The average molecular weight is 321 g/mol. The normalized spacial score (nSPS) is 17.3. The highest BCUT2D eigenvalue weighted by atomic mass is 35.5. The standard InChI is InChI=1S/C15H22F2N2O.ClH/c1-2-4-14(19-9-7-18-8-10-19)12-5-3-6-13(11-12)20-15(16)17;/h3,5-6,11,14-15,18H,2,4,7-10H2,1H3;1H/t14-;/m1./s1. The molecule has 0 spiro atoms. The molecule has 1 saturated heterocycles. The third-order valence-corrected chi connectivity index (χ3v) is 3.62. The first-order chi connectivity index (χ1) is 9.70. The number of piperazine rings is 1. The van der Waals surface area contributed by atoms with E-state index >= 15 is 0 Å². The lowest BCUT2D eigenvalue weighted by molar-refractivity contribution is -0.0499. The Labute approximate surface area is 131 Å². The van der Waals surface area contributed by atoms with Gasteiger partial charge in [-0.2, -0.15) is 8.78 Å². The van der Waals surface area contributed by atoms with Gasteiger partial charge >= 0.3 is 6.61 Å². The minimum atomic E-state index is -2.77. The quantitative estimate of drug-likeness (QED) is 0.869. The Balaban J connectivity index is 0.00000220. The van der Waals surface area contributed by atoms with Crippen LogP contribution < -0.4 is 10.1 Å². The van der Waals surface area contributed by atoms with Crippen molar-refractivity contribution in [2.45, 2.75) is 32.4 Å². The first-order valence-corrected chi connectivity index (χ1v) is 7.20. The summed E-state index contributed by atoms with van der Waals surface area (Å²) in [6, 6.07) is 7.40. The summed E-state index contributed by atoms with van der Waals surface area (Å²) in [6.45, 7) is 3.32. The lowest BCUT2D eigenvalue weighted by atomic mass is 9.99. The molecule has 1 heterocycles. The minimum absolute atomic E-state index is 0. The number of ether oxygens (including phenoxy) is 1. The van der Waals surface area contributed by atoms with Gasteiger partial charge in [0.1, 0.15) is 5.75 Å². The van der Waals surface area contributed by atoms with Crippen molar-refractivity contribution >= 4 is 12.4 Å². The van der Waals surface area contributed by atoms with Crippen molar-refractivity contribution in [2.75, 3.05) is 26.2 Å². The van der Waals surface area contributed by atoms with Gasteiger partial charge in [0.2, 0.25) is 0 Å². The van der Waals surface area contributed by atoms with E-state index in [0.29, 0.717) is 0 Å². The lowest BCUT2D eigenvalue weighted by Crippen LogP contribution is -2.45. The molecule has 1 N–H and O–H groups in total. The van der Waals surface area contributed by atoms with Crippen LogP contribution in [0.3, 0.4) is 0 Å². The van der Waals surface area contributed by atoms with E-state index in [-0.39, 0.29) is 24.2 Å². The number of nitrogens with one attached hydrogen (secondary N) is 1. The van der Waals surface area contributed by atoms with Gasteiger partial charge in [0, 0.05) is 32.2 Å². The van der Waals surface area contributed by atoms with Crippen LogP contribution in [0.2, 0.25) is 0 Å². The summed E-state index contributed by atoms with van der Waals surface area (Å²) in [5.41, 5.74) is 1.06. The molecule has 1 atom stereocenters. The van der Waals surface area contributed by atoms with E-state index in [2.05, 4.69) is 21.9 Å². The second-order valence-electron chi connectivity index (χ2n) is 5.04. The highest BCUT2D eigenvalue weighted by Crippen LogP contribution is 2.29. The van der Waals surface area contributed by atoms with Gasteiger partial charge in [-0.05, 0) is 24.1 Å². The Morgan fingerprint density at radius 1 is 1.29 bits per heavy atom. The highest BCUT2D eigenvalue weighted by molar-refractivity contribution is 5.85. The van der Waals surface area contributed by atoms with Gasteiger partial charge in [-0.3, -0.25) is 4.90 Å². The van der Waals surface area contributed by atoms with Gasteiger partial charge in [0.15, 0.2) is 0 Å². The summed E-state index contributed by atoms with van der Waals surface area (Å²) in [7, 11) is 0. The van der Waals surface area contributed by atoms with Gasteiger partial charge in [-0.25, -0.2) is 0 Å². The Kier molecular flexibility index (Phi) is 7.93. The number of hydrogen-bond donors (Lipinski definition) is 1. The molecule has 2 rings (SSSR count). The monoisotopic (exact) mass is 320 g/mol. The van der Waals surface area contributed by atoms with Crippen LogP contribution in [0.1, 0.15) is 31.4 Å². The molecular formula is C15H23ClF2N2O. The fraction of sp³-hybridized carbons (Fsp3) is 0.600. The van der Waals surface area contributed by atoms with Crippen molar-refractivity contribution in [2.24, 2.45) is 0 Å². The van der Waals surface area contributed by atoms with Gasteiger partial charge in [0.25, 0.3) is 0 Å². The molecule has 0 saturated carbocycles. The van der Waals surface area contributed by atoms with Crippen LogP contribution >= 0.6 is 12.4 Å². The van der Waals surface area contributed by atoms with Crippen molar-refractivity contribution in [1.29, 1.82) is 0 Å². The SMILES string of the molecule is CCC[C@H](c1cccc(OC(F)F)c1)N1CCNCC1.Cl. The zero-order valence-corrected chi connectivity index (χ0v) is 13.0. The summed E-state index contributed by atoms with van der Waals surface area (Å²) in [5.74, 6) is 0.244. The maximum absolute atomic E-state index is 12.3. The van der Waals surface area contributed by atoms with Crippen molar-refractivity contribution in [3.05, 3.63) is 29.8 Å². The van der Waals surface area contributed by atoms with E-state index in [4.69, 9.17) is 0 Å². The summed E-state index contributed by atoms with van der Waals surface area (Å²) in [4.78, 5) is 2.42. The van der Waals surface area contributed by atoms with Crippen molar-refractivity contribution < 1.29 is 13.5 Å². The Morgan fingerprint density at radius 2 is 2.00 bits per heavy atom. The van der Waals surface area contributed by atoms with Crippen molar-refractivity contribution in [3.8, 4) is 5.75 Å². The highest BCUT2D eigenvalue weighted by Gasteiger charge is 2.21. The van der Waals surface area contributed by atoms with Crippen LogP contribution in [0, 0.1) is 0 Å². The molecular weight excluding hydrogens is 298 g/mol. The number of benzene rings is 1. The maximum atomic E-state index is 12.3. The molecule has 1 aromatic carbocycles. The predicted molar refractivity (Wildman–Crippen MR) is 82.4 cm³/mol. The first-order valence-electron chi connectivity index (χ1n) is 7.20. The molecule has 0 bridgehead atoms. The van der Waals surface area contributed by atoms with E-state index in [1.165, 1.54) is 0 Å². The summed E-state index contributed by atoms with van der Waals surface area (Å²) < 4.78 is 29.1. The predicted octanol–water partition coefficient (Wildman–Crippen LogP) is 3.46. The maximum Gasteiger partial charge on any atom is 0.387 e. The van der Waals surface area contributed by atoms with Crippen LogP contribution in [0.4, 0.5) is 8.78 Å². The molecule has 0 radical (unpaired) electrons. The second-order valence-corrected chi connectivity index (χ2v) is 5.04. The third-order valence-electron chi connectivity index (χ3n) is 3.62. The summed E-state index contributed by atoms with van der Waals surface area (Å²) >= 11 is 0. The molecule has 6 heteroatoms. The zero-order chi connectivity index (χ0) is 14.4. The van der Waals surface area contributed by atoms with Crippen LogP contribution in [-0.2, 0) is 0 Å². The molecule has 0 aromatic heterocycles. The van der Waals surface area contributed by atoms with E-state index in [1.807, 2.05) is 6.07 Å². The Bertz CT molecular complexity index is 414. The molecule has 1 fully saturated rings. The molecule has 21 heavy (non-hydrogen) atoms. The molecule has 3 nitrogen and oxygen atoms in total. The third kappa shape index (κ3) is 5.41. The summed E-state index contributed by atoms with van der Waals surface area (Å²) in [5, 5.41) is 3.34. The van der Waals surface area contributed by atoms with Crippen LogP contribution in [-0.4, -0.2) is 37.7 Å². The lowest BCUT2D eigenvalue weighted by Gasteiger charge is -2.35. The van der Waals surface area contributed by atoms with Crippen molar-refractivity contribution in [1.82, 2.24) is 10.2 Å². The zero-order valence-electron chi connectivity index (χ0n) is 12.2. The summed E-state index contributed by atoms with van der Waals surface area (Å²) in [6.07, 6.45) is 2.09. The molecule has 0 aliphatic carbocycles. The smallest absolute Gasteiger partial charge is 0.387 e. The van der Waals surface area contributed by atoms with E-state index < -0.39 is 6.61 Å². The van der Waals surface area contributed by atoms with Gasteiger partial charge in [-0.15, -0.1) is 12.4 Å². The molecule has 1 aliphatic heterocycles. The number of nitrogens with zero attached hydrogens (tertiary/aromatic N) is 1. The topological polar surface area (TPSA) is 24.5 Å². The van der Waals surface area contributed by atoms with Crippen LogP contribution in [0.15, 0.2) is 24.3 Å². The van der Waals surface area contributed by atoms with E-state index in [0.717, 1.165) is 44.6 Å². The van der Waals surface area contributed by atoms with Gasteiger partial charge < -0.3 is 10.1 Å². The molecule has 1 aliphatic rings. The van der Waals surface area contributed by atoms with Gasteiger partial charge in [-0.1, -0.05) is 25.5 Å². The van der Waals surface area contributed by atoms with Crippen molar-refractivity contribution in [3.63, 3.8) is 0 Å². The molecule has 1 aromatic rings. The number of rotatable bonds is 6. The minimum Gasteiger partial charge on any atom is -0.435 e. The molecule has 0 amide bonds. The fourth-order valence-electron chi connectivity index (χ4n) is 2.73. The number of hydrogen-bond acceptors (Lipinski definition) is 3.